The fourth-order valence-corrected chi connectivity index (χ4v) is 3.09. The predicted octanol–water partition coefficient (Wildman–Crippen LogP) is 2.37. The molecule has 0 radical (unpaired) electrons. The topological polar surface area (TPSA) is 37.4 Å². The van der Waals surface area contributed by atoms with Crippen LogP contribution in [0, 0.1) is 12.8 Å². The van der Waals surface area contributed by atoms with Crippen molar-refractivity contribution < 1.29 is 4.74 Å². The number of hydrogen-bond acceptors (Lipinski definition) is 4. The van der Waals surface area contributed by atoms with Crippen molar-refractivity contribution >= 4 is 5.69 Å². The van der Waals surface area contributed by atoms with Gasteiger partial charge in [-0.3, -0.25) is 4.98 Å². The number of methoxy groups -OCH3 is 1. The summed E-state index contributed by atoms with van der Waals surface area (Å²) in [6.45, 7) is 5.54. The molecular formula is C16H25N3O. The first kappa shape index (κ1) is 13.7. The van der Waals surface area contributed by atoms with E-state index >= 15 is 0 Å². The van der Waals surface area contributed by atoms with Gasteiger partial charge in [-0.05, 0) is 57.7 Å². The van der Waals surface area contributed by atoms with E-state index in [1.807, 2.05) is 6.20 Å². The van der Waals surface area contributed by atoms with Crippen molar-refractivity contribution in [3.8, 4) is 5.75 Å². The lowest BCUT2D eigenvalue weighted by atomic mass is 9.97. The van der Waals surface area contributed by atoms with Gasteiger partial charge in [-0.1, -0.05) is 0 Å². The highest BCUT2D eigenvalue weighted by atomic mass is 16.5. The fourth-order valence-electron chi connectivity index (χ4n) is 3.09. The number of ether oxygens (including phenoxy) is 1. The normalized spacial score (nSPS) is 19.9. The number of rotatable bonds is 5. The van der Waals surface area contributed by atoms with Crippen LogP contribution in [-0.4, -0.2) is 37.8 Å². The monoisotopic (exact) mass is 275 g/mol. The number of piperidine rings is 1. The Bertz CT molecular complexity index is 453. The first-order valence-electron chi connectivity index (χ1n) is 7.76. The molecule has 2 fully saturated rings. The zero-order valence-electron chi connectivity index (χ0n) is 12.6. The quantitative estimate of drug-likeness (QED) is 0.895. The number of pyridine rings is 1. The average molecular weight is 275 g/mol. The van der Waals surface area contributed by atoms with E-state index in [2.05, 4.69) is 28.2 Å². The fraction of sp³-hybridized carbons (Fsp3) is 0.688. The molecule has 20 heavy (non-hydrogen) atoms. The van der Waals surface area contributed by atoms with Gasteiger partial charge in [0.25, 0.3) is 0 Å². The van der Waals surface area contributed by atoms with Crippen LogP contribution in [0.4, 0.5) is 5.69 Å². The molecule has 0 bridgehead atoms. The molecule has 0 aromatic carbocycles. The Kier molecular flexibility index (Phi) is 4.10. The molecule has 2 aliphatic rings. The number of nitrogens with one attached hydrogen (secondary N) is 1. The van der Waals surface area contributed by atoms with E-state index in [0.717, 1.165) is 37.0 Å². The van der Waals surface area contributed by atoms with E-state index in [1.165, 1.54) is 31.4 Å². The molecule has 4 nitrogen and oxygen atoms in total. The average Bonchev–Trinajstić information content (AvgIpc) is 3.30. The maximum atomic E-state index is 5.53. The van der Waals surface area contributed by atoms with Crippen LogP contribution in [0.2, 0.25) is 0 Å². The van der Waals surface area contributed by atoms with Gasteiger partial charge in [0.05, 0.1) is 19.0 Å². The van der Waals surface area contributed by atoms with Crippen LogP contribution in [0.5, 0.6) is 5.75 Å². The SMILES string of the molecule is COc1cnc(C)cc1N(CC1CCNCC1)C1CC1. The van der Waals surface area contributed by atoms with Crippen molar-refractivity contribution in [3.05, 3.63) is 18.0 Å². The number of nitrogens with zero attached hydrogens (tertiary/aromatic N) is 2. The van der Waals surface area contributed by atoms with Gasteiger partial charge in [0, 0.05) is 18.3 Å². The third-order valence-electron chi connectivity index (χ3n) is 4.41. The molecule has 1 N–H and O–H groups in total. The lowest BCUT2D eigenvalue weighted by molar-refractivity contribution is 0.369. The molecule has 3 rings (SSSR count). The third kappa shape index (κ3) is 3.06. The van der Waals surface area contributed by atoms with E-state index in [1.54, 1.807) is 7.11 Å². The molecule has 1 aromatic rings. The predicted molar refractivity (Wildman–Crippen MR) is 81.5 cm³/mol. The Morgan fingerprint density at radius 1 is 1.30 bits per heavy atom. The van der Waals surface area contributed by atoms with Gasteiger partial charge in [0.1, 0.15) is 0 Å². The molecule has 2 heterocycles. The summed E-state index contributed by atoms with van der Waals surface area (Å²) < 4.78 is 5.53. The number of aromatic nitrogens is 1. The summed E-state index contributed by atoms with van der Waals surface area (Å²) in [5.74, 6) is 1.71. The van der Waals surface area contributed by atoms with Gasteiger partial charge in [-0.25, -0.2) is 0 Å². The summed E-state index contributed by atoms with van der Waals surface area (Å²) in [6.07, 6.45) is 7.07. The summed E-state index contributed by atoms with van der Waals surface area (Å²) in [5.41, 5.74) is 2.30. The highest BCUT2D eigenvalue weighted by Gasteiger charge is 2.32. The number of anilines is 1. The van der Waals surface area contributed by atoms with Crippen molar-refractivity contribution in [2.75, 3.05) is 31.6 Å². The van der Waals surface area contributed by atoms with Crippen molar-refractivity contribution in [3.63, 3.8) is 0 Å². The van der Waals surface area contributed by atoms with Gasteiger partial charge in [-0.15, -0.1) is 0 Å². The third-order valence-corrected chi connectivity index (χ3v) is 4.41. The second kappa shape index (κ2) is 6.00. The van der Waals surface area contributed by atoms with Crippen molar-refractivity contribution in [1.82, 2.24) is 10.3 Å². The number of hydrogen-bond donors (Lipinski definition) is 1. The lowest BCUT2D eigenvalue weighted by Crippen LogP contribution is -2.37. The Morgan fingerprint density at radius 3 is 2.70 bits per heavy atom. The minimum Gasteiger partial charge on any atom is -0.493 e. The summed E-state index contributed by atoms with van der Waals surface area (Å²) in [5, 5.41) is 3.45. The zero-order chi connectivity index (χ0) is 13.9. The molecule has 4 heteroatoms. The molecule has 1 saturated carbocycles. The van der Waals surface area contributed by atoms with Gasteiger partial charge < -0.3 is 15.0 Å². The summed E-state index contributed by atoms with van der Waals surface area (Å²) >= 11 is 0. The van der Waals surface area contributed by atoms with Gasteiger partial charge in [0.15, 0.2) is 5.75 Å². The lowest BCUT2D eigenvalue weighted by Gasteiger charge is -2.32. The van der Waals surface area contributed by atoms with Crippen LogP contribution in [0.1, 0.15) is 31.4 Å². The van der Waals surface area contributed by atoms with Gasteiger partial charge in [-0.2, -0.15) is 0 Å². The summed E-state index contributed by atoms with van der Waals surface area (Å²) in [6, 6.07) is 2.89. The Hall–Kier alpha value is -1.29. The number of aryl methyl sites for hydroxylation is 1. The van der Waals surface area contributed by atoms with E-state index in [0.29, 0.717) is 6.04 Å². The van der Waals surface area contributed by atoms with Crippen LogP contribution in [0.15, 0.2) is 12.3 Å². The second-order valence-electron chi connectivity index (χ2n) is 6.07. The maximum absolute atomic E-state index is 5.53. The molecule has 0 atom stereocenters. The van der Waals surface area contributed by atoms with E-state index in [4.69, 9.17) is 4.74 Å². The largest absolute Gasteiger partial charge is 0.493 e. The molecule has 0 amide bonds. The Morgan fingerprint density at radius 2 is 2.05 bits per heavy atom. The highest BCUT2D eigenvalue weighted by molar-refractivity contribution is 5.59. The second-order valence-corrected chi connectivity index (χ2v) is 6.07. The molecule has 1 saturated heterocycles. The smallest absolute Gasteiger partial charge is 0.160 e. The summed E-state index contributed by atoms with van der Waals surface area (Å²) in [7, 11) is 1.74. The van der Waals surface area contributed by atoms with Crippen LogP contribution in [0.25, 0.3) is 0 Å². The zero-order valence-corrected chi connectivity index (χ0v) is 12.6. The van der Waals surface area contributed by atoms with Crippen molar-refractivity contribution in [1.29, 1.82) is 0 Å². The van der Waals surface area contributed by atoms with Crippen LogP contribution in [0.3, 0.4) is 0 Å². The van der Waals surface area contributed by atoms with Crippen molar-refractivity contribution in [2.45, 2.75) is 38.6 Å². The van der Waals surface area contributed by atoms with E-state index in [9.17, 15) is 0 Å². The maximum Gasteiger partial charge on any atom is 0.160 e. The van der Waals surface area contributed by atoms with Crippen LogP contribution in [-0.2, 0) is 0 Å². The standard InChI is InChI=1S/C16H25N3O/c1-12-9-15(16(20-2)10-18-12)19(14-3-4-14)11-13-5-7-17-8-6-13/h9-10,13-14,17H,3-8,11H2,1-2H3. The molecule has 0 unspecified atom stereocenters. The first-order valence-corrected chi connectivity index (χ1v) is 7.76. The minimum absolute atomic E-state index is 0.709. The minimum atomic E-state index is 0.709. The Labute approximate surface area is 121 Å². The van der Waals surface area contributed by atoms with Gasteiger partial charge in [0.2, 0.25) is 0 Å². The molecule has 1 aromatic heterocycles. The molecule has 1 aliphatic heterocycles. The molecule has 110 valence electrons. The first-order chi connectivity index (χ1) is 9.78. The molecular weight excluding hydrogens is 250 g/mol. The van der Waals surface area contributed by atoms with Gasteiger partial charge >= 0.3 is 0 Å². The summed E-state index contributed by atoms with van der Waals surface area (Å²) in [4.78, 5) is 6.93. The molecule has 0 spiro atoms. The van der Waals surface area contributed by atoms with E-state index in [-0.39, 0.29) is 0 Å². The van der Waals surface area contributed by atoms with E-state index < -0.39 is 0 Å². The Balaban J connectivity index is 1.80. The highest BCUT2D eigenvalue weighted by Crippen LogP contribution is 2.38. The molecule has 1 aliphatic carbocycles. The van der Waals surface area contributed by atoms with Crippen LogP contribution < -0.4 is 15.0 Å². The van der Waals surface area contributed by atoms with Crippen molar-refractivity contribution in [2.24, 2.45) is 5.92 Å². The van der Waals surface area contributed by atoms with Crippen LogP contribution >= 0.6 is 0 Å².